The average molecular weight is 499 g/mol. The summed E-state index contributed by atoms with van der Waals surface area (Å²) < 4.78 is 17.5. The first-order chi connectivity index (χ1) is 18.0. The molecule has 0 aliphatic carbocycles. The van der Waals surface area contributed by atoms with Crippen LogP contribution in [0.1, 0.15) is 35.0 Å². The first-order valence-electron chi connectivity index (χ1n) is 12.4. The summed E-state index contributed by atoms with van der Waals surface area (Å²) in [6.07, 6.45) is 1.46. The summed E-state index contributed by atoms with van der Waals surface area (Å²) in [7, 11) is 1.60. The Kier molecular flexibility index (Phi) is 6.86. The van der Waals surface area contributed by atoms with E-state index in [9.17, 15) is 9.59 Å². The highest BCUT2D eigenvalue weighted by Gasteiger charge is 2.47. The Morgan fingerprint density at radius 1 is 1.03 bits per heavy atom. The number of para-hydroxylation sites is 2. The maximum absolute atomic E-state index is 13.9. The molecule has 190 valence electrons. The number of fused-ring (bicyclic) bond motifs is 3. The molecular formula is C30H30N2O5. The molecule has 0 fully saturated rings. The van der Waals surface area contributed by atoms with Gasteiger partial charge < -0.3 is 24.1 Å². The number of amides is 2. The zero-order valence-electron chi connectivity index (χ0n) is 21.0. The van der Waals surface area contributed by atoms with Gasteiger partial charge in [-0.05, 0) is 43.5 Å². The lowest BCUT2D eigenvalue weighted by atomic mass is 9.98. The number of furan rings is 1. The second-order valence-corrected chi connectivity index (χ2v) is 9.36. The van der Waals surface area contributed by atoms with Gasteiger partial charge in [-0.25, -0.2) is 0 Å². The van der Waals surface area contributed by atoms with Crippen LogP contribution in [0.15, 0.2) is 83.3 Å². The van der Waals surface area contributed by atoms with Crippen molar-refractivity contribution in [3.05, 3.63) is 95.7 Å². The molecule has 0 radical (unpaired) electrons. The van der Waals surface area contributed by atoms with Gasteiger partial charge in [0.05, 0.1) is 12.5 Å². The van der Waals surface area contributed by atoms with Gasteiger partial charge in [-0.3, -0.25) is 9.59 Å². The van der Waals surface area contributed by atoms with E-state index in [1.54, 1.807) is 25.0 Å². The van der Waals surface area contributed by atoms with E-state index in [2.05, 4.69) is 17.4 Å². The number of carbonyl (C=O) groups is 2. The number of aryl methyl sites for hydroxylation is 1. The van der Waals surface area contributed by atoms with E-state index in [4.69, 9.17) is 13.9 Å². The lowest BCUT2D eigenvalue weighted by molar-refractivity contribution is -0.133. The van der Waals surface area contributed by atoms with Gasteiger partial charge in [-0.1, -0.05) is 60.7 Å². The molecular weight excluding hydrogens is 468 g/mol. The van der Waals surface area contributed by atoms with Crippen LogP contribution in [0.4, 0.5) is 0 Å². The smallest absolute Gasteiger partial charge is 0.294 e. The molecule has 0 saturated heterocycles. The number of benzene rings is 3. The van der Waals surface area contributed by atoms with Crippen LogP contribution in [0.2, 0.25) is 0 Å². The van der Waals surface area contributed by atoms with Crippen LogP contribution in [-0.2, 0) is 17.8 Å². The number of rotatable bonds is 8. The molecule has 2 heterocycles. The van der Waals surface area contributed by atoms with Crippen LogP contribution in [0.25, 0.3) is 11.0 Å². The summed E-state index contributed by atoms with van der Waals surface area (Å²) in [5.74, 6) is 0.538. The molecule has 1 aliphatic rings. The number of ether oxygens (including phenoxy) is 2. The highest BCUT2D eigenvalue weighted by molar-refractivity contribution is 6.04. The van der Waals surface area contributed by atoms with Crippen molar-refractivity contribution in [2.75, 3.05) is 20.3 Å². The van der Waals surface area contributed by atoms with Crippen molar-refractivity contribution in [2.45, 2.75) is 31.8 Å². The van der Waals surface area contributed by atoms with E-state index >= 15 is 0 Å². The topological polar surface area (TPSA) is 81.0 Å². The quantitative estimate of drug-likeness (QED) is 0.370. The molecule has 0 bridgehead atoms. The monoisotopic (exact) mass is 498 g/mol. The van der Waals surface area contributed by atoms with E-state index in [0.717, 1.165) is 12.0 Å². The minimum atomic E-state index is -1.25. The molecule has 1 aromatic heterocycles. The molecule has 1 aliphatic heterocycles. The van der Waals surface area contributed by atoms with Gasteiger partial charge in [-0.2, -0.15) is 0 Å². The van der Waals surface area contributed by atoms with Crippen LogP contribution < -0.4 is 14.8 Å². The summed E-state index contributed by atoms with van der Waals surface area (Å²) in [6, 6.07) is 25.0. The van der Waals surface area contributed by atoms with Crippen LogP contribution in [0.5, 0.6) is 11.5 Å². The fourth-order valence-electron chi connectivity index (χ4n) is 4.78. The van der Waals surface area contributed by atoms with Gasteiger partial charge in [0.15, 0.2) is 11.3 Å². The van der Waals surface area contributed by atoms with Crippen molar-refractivity contribution in [2.24, 2.45) is 0 Å². The molecule has 7 nitrogen and oxygen atoms in total. The minimum Gasteiger partial charge on any atom is -0.496 e. The minimum absolute atomic E-state index is 0.00162. The Morgan fingerprint density at radius 3 is 2.57 bits per heavy atom. The summed E-state index contributed by atoms with van der Waals surface area (Å²) >= 11 is 0. The van der Waals surface area contributed by atoms with E-state index in [-0.39, 0.29) is 30.7 Å². The molecule has 3 aromatic carbocycles. The van der Waals surface area contributed by atoms with Gasteiger partial charge in [0.2, 0.25) is 11.7 Å². The number of carbonyl (C=O) groups excluding carboxylic acids is 2. The molecule has 4 aromatic rings. The third kappa shape index (κ3) is 4.77. The van der Waals surface area contributed by atoms with Gasteiger partial charge >= 0.3 is 0 Å². The van der Waals surface area contributed by atoms with Crippen molar-refractivity contribution in [1.82, 2.24) is 10.2 Å². The van der Waals surface area contributed by atoms with Crippen LogP contribution in [0, 0.1) is 0 Å². The number of nitrogens with one attached hydrogen (secondary N) is 1. The molecule has 0 saturated carbocycles. The maximum Gasteiger partial charge on any atom is 0.294 e. The maximum atomic E-state index is 13.9. The normalized spacial score (nSPS) is 17.1. The Morgan fingerprint density at radius 2 is 1.76 bits per heavy atom. The van der Waals surface area contributed by atoms with Crippen molar-refractivity contribution in [3.8, 4) is 11.5 Å². The van der Waals surface area contributed by atoms with Crippen molar-refractivity contribution in [1.29, 1.82) is 0 Å². The second kappa shape index (κ2) is 10.4. The lowest BCUT2D eigenvalue weighted by Crippen LogP contribution is -2.61. The Balaban J connectivity index is 1.43. The predicted molar refractivity (Wildman–Crippen MR) is 141 cm³/mol. The number of hydrogen-bond donors (Lipinski definition) is 1. The highest BCUT2D eigenvalue weighted by Crippen LogP contribution is 2.38. The van der Waals surface area contributed by atoms with Gasteiger partial charge in [0.25, 0.3) is 5.91 Å². The molecule has 2 amide bonds. The van der Waals surface area contributed by atoms with Crippen molar-refractivity contribution >= 4 is 22.8 Å². The van der Waals surface area contributed by atoms with Crippen molar-refractivity contribution in [3.63, 3.8) is 0 Å². The van der Waals surface area contributed by atoms with Gasteiger partial charge in [0.1, 0.15) is 17.9 Å². The summed E-state index contributed by atoms with van der Waals surface area (Å²) in [5, 5.41) is 3.72. The number of nitrogens with zero attached hydrogens (tertiary/aromatic N) is 1. The molecule has 5 rings (SSSR count). The van der Waals surface area contributed by atoms with E-state index in [0.29, 0.717) is 35.4 Å². The van der Waals surface area contributed by atoms with Crippen molar-refractivity contribution < 1.29 is 23.5 Å². The summed E-state index contributed by atoms with van der Waals surface area (Å²) in [4.78, 5) is 29.2. The molecule has 1 atom stereocenters. The molecule has 0 unspecified atom stereocenters. The molecule has 0 spiro atoms. The van der Waals surface area contributed by atoms with E-state index in [1.165, 1.54) is 5.56 Å². The first kappa shape index (κ1) is 24.4. The van der Waals surface area contributed by atoms with E-state index in [1.807, 2.05) is 60.7 Å². The third-order valence-electron chi connectivity index (χ3n) is 6.89. The van der Waals surface area contributed by atoms with Crippen LogP contribution in [-0.4, -0.2) is 42.5 Å². The summed E-state index contributed by atoms with van der Waals surface area (Å²) in [5.41, 5.74) is 1.34. The Bertz CT molecular complexity index is 1410. The predicted octanol–water partition coefficient (Wildman–Crippen LogP) is 4.98. The third-order valence-corrected chi connectivity index (χ3v) is 6.89. The standard InChI is InChI=1S/C30H30N2O5/c1-30(29(34)31-19-22-14-6-8-16-24(22)35-2)20-36-26-23-15-7-9-17-25(23)37-27(26)28(33)32(30)18-10-13-21-11-4-3-5-12-21/h3-9,11-12,14-17H,10,13,18-20H2,1-2H3,(H,31,34)/t30-/m1/s1. The zero-order valence-corrected chi connectivity index (χ0v) is 21.0. The molecule has 1 N–H and O–H groups in total. The average Bonchev–Trinajstić information content (AvgIpc) is 3.27. The zero-order chi connectivity index (χ0) is 25.8. The summed E-state index contributed by atoms with van der Waals surface area (Å²) in [6.45, 7) is 2.38. The fourth-order valence-corrected chi connectivity index (χ4v) is 4.78. The van der Waals surface area contributed by atoms with E-state index < -0.39 is 5.54 Å². The number of methoxy groups -OCH3 is 1. The fraction of sp³-hybridized carbons (Fsp3) is 0.267. The van der Waals surface area contributed by atoms with Gasteiger partial charge in [0, 0.05) is 18.7 Å². The lowest BCUT2D eigenvalue weighted by Gasteiger charge is -2.37. The van der Waals surface area contributed by atoms with Crippen LogP contribution in [0.3, 0.4) is 0 Å². The van der Waals surface area contributed by atoms with Crippen LogP contribution >= 0.6 is 0 Å². The Labute approximate surface area is 216 Å². The Hall–Kier alpha value is -4.26. The largest absolute Gasteiger partial charge is 0.496 e. The van der Waals surface area contributed by atoms with Gasteiger partial charge in [-0.15, -0.1) is 0 Å². The first-order valence-corrected chi connectivity index (χ1v) is 12.4. The molecule has 37 heavy (non-hydrogen) atoms. The SMILES string of the molecule is COc1ccccc1CNC(=O)[C@@]1(C)COc2c(oc3ccccc23)C(=O)N1CCCc1ccccc1. The highest BCUT2D eigenvalue weighted by atomic mass is 16.5. The number of hydrogen-bond acceptors (Lipinski definition) is 5. The molecule has 7 heteroatoms. The second-order valence-electron chi connectivity index (χ2n) is 9.36.